The summed E-state index contributed by atoms with van der Waals surface area (Å²) in [4.78, 5) is 27.0. The van der Waals surface area contributed by atoms with Crippen molar-refractivity contribution < 1.29 is 9.59 Å². The lowest BCUT2D eigenvalue weighted by molar-refractivity contribution is -0.117. The quantitative estimate of drug-likeness (QED) is 0.787. The highest BCUT2D eigenvalue weighted by molar-refractivity contribution is 8.13. The summed E-state index contributed by atoms with van der Waals surface area (Å²) in [6, 6.07) is 0. The molecular formula is C14H22N4O2S. The Labute approximate surface area is 129 Å². The second-order valence-corrected chi connectivity index (χ2v) is 6.84. The molecule has 0 spiro atoms. The normalized spacial score (nSPS) is 18.8. The first-order valence-corrected chi connectivity index (χ1v) is 8.05. The molecule has 0 aromatic carbocycles. The Hall–Kier alpha value is -1.34. The lowest BCUT2D eigenvalue weighted by atomic mass is 10.1. The minimum Gasteiger partial charge on any atom is -0.309 e. The van der Waals surface area contributed by atoms with Crippen LogP contribution in [0.3, 0.4) is 0 Å². The zero-order chi connectivity index (χ0) is 15.4. The molecule has 1 aliphatic heterocycles. The van der Waals surface area contributed by atoms with Gasteiger partial charge < -0.3 is 9.80 Å². The van der Waals surface area contributed by atoms with E-state index in [-0.39, 0.29) is 16.9 Å². The summed E-state index contributed by atoms with van der Waals surface area (Å²) in [5, 5.41) is 4.41. The van der Waals surface area contributed by atoms with E-state index in [1.54, 1.807) is 18.0 Å². The minimum atomic E-state index is 0.109. The fraction of sp³-hybridized carbons (Fsp3) is 0.643. The standard InChI is InChI=1S/C14H22N4O2S/c1-11(19)21-10-12-6-14(20)18(8-12)13-7-15-17(9-13)5-4-16(2)3/h7,9,12H,4-6,8,10H2,1-3H3. The van der Waals surface area contributed by atoms with Crippen LogP contribution >= 0.6 is 11.8 Å². The lowest BCUT2D eigenvalue weighted by Crippen LogP contribution is -2.24. The summed E-state index contributed by atoms with van der Waals surface area (Å²) < 4.78 is 1.86. The summed E-state index contributed by atoms with van der Waals surface area (Å²) >= 11 is 1.30. The third-order valence-electron chi connectivity index (χ3n) is 3.44. The van der Waals surface area contributed by atoms with Crippen LogP contribution in [0, 0.1) is 5.92 Å². The van der Waals surface area contributed by atoms with Crippen LogP contribution in [0.15, 0.2) is 12.4 Å². The largest absolute Gasteiger partial charge is 0.309 e. The second-order valence-electron chi connectivity index (χ2n) is 5.64. The monoisotopic (exact) mass is 310 g/mol. The maximum absolute atomic E-state index is 12.1. The van der Waals surface area contributed by atoms with E-state index in [2.05, 4.69) is 10.00 Å². The number of carbonyl (C=O) groups excluding carboxylic acids is 2. The Kier molecular flexibility index (Phi) is 5.41. The molecule has 6 nitrogen and oxygen atoms in total. The number of aromatic nitrogens is 2. The summed E-state index contributed by atoms with van der Waals surface area (Å²) in [5.41, 5.74) is 0.856. The number of hydrogen-bond donors (Lipinski definition) is 0. The van der Waals surface area contributed by atoms with Gasteiger partial charge in [0.15, 0.2) is 5.12 Å². The van der Waals surface area contributed by atoms with Crippen molar-refractivity contribution in [2.45, 2.75) is 19.9 Å². The third-order valence-corrected chi connectivity index (χ3v) is 4.48. The van der Waals surface area contributed by atoms with Gasteiger partial charge in [0.25, 0.3) is 0 Å². The summed E-state index contributed by atoms with van der Waals surface area (Å²) in [6.07, 6.45) is 4.18. The number of nitrogens with zero attached hydrogens (tertiary/aromatic N) is 4. The molecule has 0 aliphatic carbocycles. The summed E-state index contributed by atoms with van der Waals surface area (Å²) in [5.74, 6) is 1.08. The van der Waals surface area contributed by atoms with Crippen LogP contribution in [-0.2, 0) is 16.1 Å². The van der Waals surface area contributed by atoms with Crippen LogP contribution in [0.4, 0.5) is 5.69 Å². The number of hydrogen-bond acceptors (Lipinski definition) is 5. The average molecular weight is 310 g/mol. The molecular weight excluding hydrogens is 288 g/mol. The molecule has 21 heavy (non-hydrogen) atoms. The van der Waals surface area contributed by atoms with Gasteiger partial charge in [-0.15, -0.1) is 0 Å². The zero-order valence-electron chi connectivity index (χ0n) is 12.8. The second kappa shape index (κ2) is 7.09. The van der Waals surface area contributed by atoms with Gasteiger partial charge in [0, 0.05) is 38.4 Å². The minimum absolute atomic E-state index is 0.109. The van der Waals surface area contributed by atoms with Crippen molar-refractivity contribution >= 4 is 28.5 Å². The molecule has 1 aliphatic rings. The molecule has 2 heterocycles. The van der Waals surface area contributed by atoms with Gasteiger partial charge in [-0.05, 0) is 20.0 Å². The van der Waals surface area contributed by atoms with Crippen molar-refractivity contribution in [1.82, 2.24) is 14.7 Å². The Morgan fingerprint density at radius 2 is 2.29 bits per heavy atom. The molecule has 0 bridgehead atoms. The first kappa shape index (κ1) is 16.0. The van der Waals surface area contributed by atoms with Gasteiger partial charge in [-0.3, -0.25) is 14.3 Å². The molecule has 1 atom stereocenters. The number of likely N-dealkylation sites (N-methyl/N-ethyl adjacent to an activating group) is 1. The molecule has 0 N–H and O–H groups in total. The van der Waals surface area contributed by atoms with Crippen LogP contribution in [0.2, 0.25) is 0 Å². The van der Waals surface area contributed by atoms with Crippen molar-refractivity contribution in [1.29, 1.82) is 0 Å². The van der Waals surface area contributed by atoms with E-state index < -0.39 is 0 Å². The number of anilines is 1. The van der Waals surface area contributed by atoms with Crippen molar-refractivity contribution in [3.05, 3.63) is 12.4 Å². The van der Waals surface area contributed by atoms with Crippen LogP contribution in [0.25, 0.3) is 0 Å². The molecule has 2 rings (SSSR count). The van der Waals surface area contributed by atoms with Gasteiger partial charge in [0.05, 0.1) is 18.4 Å². The first-order chi connectivity index (χ1) is 9.95. The fourth-order valence-corrected chi connectivity index (χ4v) is 2.99. The molecule has 0 saturated carbocycles. The highest BCUT2D eigenvalue weighted by atomic mass is 32.2. The molecule has 1 unspecified atom stereocenters. The number of amides is 1. The van der Waals surface area contributed by atoms with Crippen LogP contribution in [0.5, 0.6) is 0 Å². The predicted octanol–water partition coefficient (Wildman–Crippen LogP) is 1.08. The van der Waals surface area contributed by atoms with Gasteiger partial charge >= 0.3 is 0 Å². The Morgan fingerprint density at radius 3 is 2.95 bits per heavy atom. The smallest absolute Gasteiger partial charge is 0.227 e. The molecule has 1 amide bonds. The summed E-state index contributed by atoms with van der Waals surface area (Å²) in [6.45, 7) is 3.96. The van der Waals surface area contributed by atoms with Gasteiger partial charge in [-0.1, -0.05) is 11.8 Å². The fourth-order valence-electron chi connectivity index (χ4n) is 2.29. The Balaban J connectivity index is 1.92. The SMILES string of the molecule is CC(=O)SCC1CC(=O)N(c2cnn(CCN(C)C)c2)C1. The lowest BCUT2D eigenvalue weighted by Gasteiger charge is -2.14. The van der Waals surface area contributed by atoms with Crippen molar-refractivity contribution in [3.63, 3.8) is 0 Å². The van der Waals surface area contributed by atoms with Gasteiger partial charge in [-0.2, -0.15) is 5.10 Å². The first-order valence-electron chi connectivity index (χ1n) is 7.06. The number of thioether (sulfide) groups is 1. The molecule has 1 aromatic rings. The molecule has 7 heteroatoms. The molecule has 0 radical (unpaired) electrons. The third kappa shape index (κ3) is 4.57. The maximum atomic E-state index is 12.1. The van der Waals surface area contributed by atoms with Gasteiger partial charge in [-0.25, -0.2) is 0 Å². The van der Waals surface area contributed by atoms with Crippen molar-refractivity contribution in [2.75, 3.05) is 37.8 Å². The van der Waals surface area contributed by atoms with Gasteiger partial charge in [0.2, 0.25) is 5.91 Å². The maximum Gasteiger partial charge on any atom is 0.227 e. The van der Waals surface area contributed by atoms with Gasteiger partial charge in [0.1, 0.15) is 0 Å². The van der Waals surface area contributed by atoms with E-state index in [1.807, 2.05) is 25.0 Å². The van der Waals surface area contributed by atoms with Crippen molar-refractivity contribution in [3.8, 4) is 0 Å². The van der Waals surface area contributed by atoms with E-state index in [0.717, 1.165) is 18.8 Å². The van der Waals surface area contributed by atoms with E-state index in [9.17, 15) is 9.59 Å². The predicted molar refractivity (Wildman–Crippen MR) is 84.4 cm³/mol. The number of carbonyl (C=O) groups is 2. The highest BCUT2D eigenvalue weighted by Crippen LogP contribution is 2.27. The van der Waals surface area contributed by atoms with Crippen LogP contribution in [-0.4, -0.2) is 58.6 Å². The van der Waals surface area contributed by atoms with Crippen LogP contribution in [0.1, 0.15) is 13.3 Å². The summed E-state index contributed by atoms with van der Waals surface area (Å²) in [7, 11) is 4.04. The Bertz CT molecular complexity index is 515. The van der Waals surface area contributed by atoms with E-state index in [1.165, 1.54) is 11.8 Å². The average Bonchev–Trinajstić information content (AvgIpc) is 3.00. The zero-order valence-corrected chi connectivity index (χ0v) is 13.6. The van der Waals surface area contributed by atoms with E-state index in [4.69, 9.17) is 0 Å². The molecule has 116 valence electrons. The van der Waals surface area contributed by atoms with E-state index in [0.29, 0.717) is 18.7 Å². The molecule has 1 aromatic heterocycles. The molecule has 1 saturated heterocycles. The van der Waals surface area contributed by atoms with E-state index >= 15 is 0 Å². The van der Waals surface area contributed by atoms with Crippen LogP contribution < -0.4 is 4.90 Å². The number of rotatable bonds is 6. The Morgan fingerprint density at radius 1 is 1.52 bits per heavy atom. The topological polar surface area (TPSA) is 58.4 Å². The molecule has 1 fully saturated rings. The highest BCUT2D eigenvalue weighted by Gasteiger charge is 2.31. The van der Waals surface area contributed by atoms with Crippen molar-refractivity contribution in [2.24, 2.45) is 5.92 Å².